The van der Waals surface area contributed by atoms with Crippen molar-refractivity contribution in [3.8, 4) is 10.6 Å². The fourth-order valence-corrected chi connectivity index (χ4v) is 4.18. The number of piperidine rings is 1. The van der Waals surface area contributed by atoms with Crippen LogP contribution in [0.2, 0.25) is 0 Å². The molecule has 0 saturated carbocycles. The summed E-state index contributed by atoms with van der Waals surface area (Å²) >= 11 is 1.80. The first-order valence-corrected chi connectivity index (χ1v) is 9.76. The van der Waals surface area contributed by atoms with E-state index in [-0.39, 0.29) is 0 Å². The van der Waals surface area contributed by atoms with Crippen LogP contribution in [0.25, 0.3) is 10.6 Å². The van der Waals surface area contributed by atoms with Crippen molar-refractivity contribution in [3.05, 3.63) is 41.8 Å². The monoisotopic (exact) mass is 389 g/mol. The number of hydrogen-bond acceptors (Lipinski definition) is 5. The number of aliphatic carboxylic acids is 2. The van der Waals surface area contributed by atoms with Crippen LogP contribution >= 0.6 is 11.3 Å². The number of carboxylic acids is 2. The Labute approximate surface area is 161 Å². The summed E-state index contributed by atoms with van der Waals surface area (Å²) < 4.78 is 0. The number of H-pyrrole nitrogens is 1. The molecule has 0 spiro atoms. The number of carbonyl (C=O) groups is 2. The molecule has 0 amide bonds. The molecule has 2 aromatic heterocycles. The van der Waals surface area contributed by atoms with Crippen molar-refractivity contribution in [3.63, 3.8) is 0 Å². The Hall–Kier alpha value is -2.58. The lowest BCUT2D eigenvalue weighted by atomic mass is 10.1. The number of fused-ring (bicyclic) bond motifs is 4. The number of nitrogens with zero attached hydrogens (tertiary/aromatic N) is 2. The number of hydrogen-bond donors (Lipinski definition) is 3. The summed E-state index contributed by atoms with van der Waals surface area (Å²) in [6.45, 7) is 4.93. The topological polar surface area (TPSA) is 96.9 Å². The molecule has 0 unspecified atom stereocenters. The lowest BCUT2D eigenvalue weighted by molar-refractivity contribution is -0.134. The second kappa shape index (κ2) is 8.88. The van der Waals surface area contributed by atoms with Crippen LogP contribution in [0.4, 0.5) is 5.82 Å². The minimum Gasteiger partial charge on any atom is -0.478 e. The first-order chi connectivity index (χ1) is 13.0. The molecule has 27 heavy (non-hydrogen) atoms. The summed E-state index contributed by atoms with van der Waals surface area (Å²) in [6.07, 6.45) is 3.74. The third kappa shape index (κ3) is 5.21. The Morgan fingerprint density at radius 1 is 1.04 bits per heavy atom. The lowest BCUT2D eigenvalue weighted by Gasteiger charge is -2.32. The first kappa shape index (κ1) is 19.2. The van der Waals surface area contributed by atoms with E-state index in [1.807, 2.05) is 0 Å². The normalized spacial score (nSPS) is 21.6. The van der Waals surface area contributed by atoms with Gasteiger partial charge in [-0.1, -0.05) is 6.07 Å². The smallest absolute Gasteiger partial charge is 0.328 e. The largest absolute Gasteiger partial charge is 0.478 e. The maximum absolute atomic E-state index is 9.55. The molecule has 0 aliphatic carbocycles. The highest BCUT2D eigenvalue weighted by Gasteiger charge is 2.29. The van der Waals surface area contributed by atoms with Gasteiger partial charge >= 0.3 is 11.9 Å². The number of nitrogens with one attached hydrogen (secondary N) is 1. The second-order valence-electron chi connectivity index (χ2n) is 6.51. The molecule has 2 bridgehead atoms. The van der Waals surface area contributed by atoms with Gasteiger partial charge in [0.2, 0.25) is 0 Å². The van der Waals surface area contributed by atoms with Crippen LogP contribution in [0.15, 0.2) is 41.8 Å². The molecule has 3 aliphatic heterocycles. The maximum atomic E-state index is 9.55. The van der Waals surface area contributed by atoms with Gasteiger partial charge in [0, 0.05) is 44.4 Å². The average Bonchev–Trinajstić information content (AvgIpc) is 3.27. The number of rotatable bonds is 4. The van der Waals surface area contributed by atoms with E-state index >= 15 is 0 Å². The molecule has 3 fully saturated rings. The Morgan fingerprint density at radius 2 is 1.74 bits per heavy atom. The summed E-state index contributed by atoms with van der Waals surface area (Å²) in [5.74, 6) is -1.21. The van der Waals surface area contributed by atoms with Crippen molar-refractivity contribution in [1.82, 2.24) is 9.88 Å². The molecular formula is C19H23N3O4S. The van der Waals surface area contributed by atoms with Crippen molar-refractivity contribution in [1.29, 1.82) is 0 Å². The zero-order valence-corrected chi connectivity index (χ0v) is 15.7. The van der Waals surface area contributed by atoms with E-state index in [1.54, 1.807) is 11.3 Å². The van der Waals surface area contributed by atoms with E-state index in [1.165, 1.54) is 48.9 Å². The maximum Gasteiger partial charge on any atom is 0.328 e. The molecule has 5 rings (SSSR count). The zero-order valence-electron chi connectivity index (χ0n) is 14.9. The van der Waals surface area contributed by atoms with E-state index in [0.717, 1.165) is 12.6 Å². The van der Waals surface area contributed by atoms with Crippen LogP contribution in [0, 0.1) is 0 Å². The van der Waals surface area contributed by atoms with Gasteiger partial charge in [0.25, 0.3) is 0 Å². The molecule has 144 valence electrons. The van der Waals surface area contributed by atoms with Crippen molar-refractivity contribution < 1.29 is 19.8 Å². The van der Waals surface area contributed by atoms with Gasteiger partial charge in [0.1, 0.15) is 5.82 Å². The molecule has 3 N–H and O–H groups in total. The molecule has 3 saturated heterocycles. The predicted octanol–water partition coefficient (Wildman–Crippen LogP) is 2.74. The van der Waals surface area contributed by atoms with E-state index in [9.17, 15) is 9.59 Å². The van der Waals surface area contributed by atoms with Crippen LogP contribution in [0.1, 0.15) is 12.8 Å². The Balaban J connectivity index is 0.000000226. The standard InChI is InChI=1S/C15H19N3S.C4H4O4/c1-2-14(19-11-1)13-3-4-15(16-13)18-10-9-17-7-5-12(18)6-8-17;5-3(6)1-2-4(7)8/h1-4,11-12,16H,5-10H2;1-2H,(H,5,6)(H,7,8)/b;2-1+. The van der Waals surface area contributed by atoms with Gasteiger partial charge in [-0.05, 0) is 36.4 Å². The lowest BCUT2D eigenvalue weighted by Crippen LogP contribution is -2.38. The average molecular weight is 389 g/mol. The van der Waals surface area contributed by atoms with Crippen LogP contribution < -0.4 is 4.90 Å². The van der Waals surface area contributed by atoms with Gasteiger partial charge in [-0.15, -0.1) is 11.3 Å². The van der Waals surface area contributed by atoms with Crippen molar-refractivity contribution in [2.45, 2.75) is 18.9 Å². The Morgan fingerprint density at radius 3 is 2.33 bits per heavy atom. The van der Waals surface area contributed by atoms with Crippen LogP contribution in [-0.4, -0.2) is 64.3 Å². The molecule has 0 radical (unpaired) electrons. The molecule has 2 aromatic rings. The van der Waals surface area contributed by atoms with E-state index in [4.69, 9.17) is 10.2 Å². The number of aromatic nitrogens is 1. The van der Waals surface area contributed by atoms with Crippen LogP contribution in [0.3, 0.4) is 0 Å². The highest BCUT2D eigenvalue weighted by Crippen LogP contribution is 2.30. The van der Waals surface area contributed by atoms with Crippen LogP contribution in [0.5, 0.6) is 0 Å². The minimum atomic E-state index is -1.26. The third-order valence-corrected chi connectivity index (χ3v) is 5.69. The van der Waals surface area contributed by atoms with E-state index < -0.39 is 11.9 Å². The van der Waals surface area contributed by atoms with Gasteiger partial charge in [-0.3, -0.25) is 0 Å². The predicted molar refractivity (Wildman–Crippen MR) is 105 cm³/mol. The molecule has 5 heterocycles. The molecule has 0 atom stereocenters. The summed E-state index contributed by atoms with van der Waals surface area (Å²) in [5.41, 5.74) is 1.25. The first-order valence-electron chi connectivity index (χ1n) is 8.89. The Kier molecular flexibility index (Phi) is 6.31. The third-order valence-electron chi connectivity index (χ3n) is 4.79. The second-order valence-corrected chi connectivity index (χ2v) is 7.46. The molecular weight excluding hydrogens is 366 g/mol. The SMILES string of the molecule is O=C(O)/C=C/C(=O)O.c1csc(-c2ccc(N3CCN4CCC3CC4)[nH]2)c1. The fourth-order valence-electron chi connectivity index (χ4n) is 3.47. The quantitative estimate of drug-likeness (QED) is 0.696. The molecule has 3 aliphatic rings. The number of carboxylic acid groups (broad SMARTS) is 2. The van der Waals surface area contributed by atoms with Gasteiger partial charge in [0.05, 0.1) is 10.6 Å². The van der Waals surface area contributed by atoms with Gasteiger partial charge in [-0.2, -0.15) is 0 Å². The zero-order chi connectivity index (χ0) is 19.2. The number of thiophene rings is 1. The van der Waals surface area contributed by atoms with Crippen molar-refractivity contribution in [2.75, 3.05) is 31.1 Å². The van der Waals surface area contributed by atoms with E-state index in [0.29, 0.717) is 12.2 Å². The van der Waals surface area contributed by atoms with Crippen molar-refractivity contribution >= 4 is 29.1 Å². The van der Waals surface area contributed by atoms with Gasteiger partial charge in [0.15, 0.2) is 0 Å². The summed E-state index contributed by atoms with van der Waals surface area (Å²) in [6, 6.07) is 9.50. The summed E-state index contributed by atoms with van der Waals surface area (Å²) in [4.78, 5) is 29.2. The Bertz CT molecular complexity index is 776. The number of anilines is 1. The molecule has 0 aromatic carbocycles. The summed E-state index contributed by atoms with van der Waals surface area (Å²) in [5, 5.41) is 17.8. The van der Waals surface area contributed by atoms with Gasteiger partial charge < -0.3 is 25.0 Å². The molecule has 8 heteroatoms. The van der Waals surface area contributed by atoms with Crippen LogP contribution in [-0.2, 0) is 9.59 Å². The highest BCUT2D eigenvalue weighted by atomic mass is 32.1. The van der Waals surface area contributed by atoms with Crippen molar-refractivity contribution in [2.24, 2.45) is 0 Å². The molecule has 7 nitrogen and oxygen atoms in total. The fraction of sp³-hybridized carbons (Fsp3) is 0.368. The number of aromatic amines is 1. The van der Waals surface area contributed by atoms with Gasteiger partial charge in [-0.25, -0.2) is 9.59 Å². The summed E-state index contributed by atoms with van der Waals surface area (Å²) in [7, 11) is 0. The minimum absolute atomic E-state index is 0.558. The van der Waals surface area contributed by atoms with E-state index in [2.05, 4.69) is 44.4 Å². The highest BCUT2D eigenvalue weighted by molar-refractivity contribution is 7.13.